The SMILES string of the molecule is CC(C)[Si](C#Cc1cc(-c2cc(C(C)(C)C)cc(C(C)(C)C)c2)ccc1C#CC#Cc1cc(C#C[Si](C(C)C)(C(C)C)C(C)C)c(N=NN(C)C)cc1C#CC#Cc1ccc(-c2cc(C(C)(C)C)cc(C(C)(C)C)c2)cc1C#C[Si](C(C)C)(C(C)C)C(C)C)(C(C)C)C(C)C. The standard InChI is InChI=1S/C89H119N3Si3/c1-61(2)93(62(3)4,63(5)6)48-45-76-51-74(79-54-81(86(19,20)21)59-82(55-79)87(22,23)24)43-41-70(76)37-33-35-39-72-53-78(47-50-95(67(13)14,68(15)16)69(17)18)85(90-91-92(31)32)58-73(72)40-36-34-38-71-42-44-75(52-77(71)46-49-94(64(7)8,65(9)10)66(11)12)80-56-83(88(25,26)27)60-84(57-80)89(28,29)30/h41-44,51-69H,1-32H3. The molecule has 0 bridgehead atoms. The van der Waals surface area contributed by atoms with Crippen molar-refractivity contribution in [1.82, 2.24) is 5.01 Å². The van der Waals surface area contributed by atoms with Crippen molar-refractivity contribution in [2.24, 2.45) is 10.3 Å². The summed E-state index contributed by atoms with van der Waals surface area (Å²) in [5, 5.41) is 11.0. The molecule has 0 saturated carbocycles. The van der Waals surface area contributed by atoms with Crippen LogP contribution in [0.1, 0.15) is 269 Å². The molecule has 0 aliphatic rings. The van der Waals surface area contributed by atoms with Gasteiger partial charge >= 0.3 is 0 Å². The second-order valence-corrected chi connectivity index (χ2v) is 50.8. The van der Waals surface area contributed by atoms with Crippen LogP contribution in [0.5, 0.6) is 0 Å². The van der Waals surface area contributed by atoms with Crippen LogP contribution in [0.4, 0.5) is 5.69 Å². The molecule has 0 radical (unpaired) electrons. The van der Waals surface area contributed by atoms with Gasteiger partial charge in [-0.05, 0) is 176 Å². The first kappa shape index (κ1) is 78.8. The van der Waals surface area contributed by atoms with E-state index in [2.05, 4.69) is 367 Å². The van der Waals surface area contributed by atoms with Gasteiger partial charge < -0.3 is 0 Å². The Balaban J connectivity index is 1.88. The maximum atomic E-state index is 4.81. The molecule has 0 N–H and O–H groups in total. The molecule has 0 heterocycles. The average Bonchev–Trinajstić information content (AvgIpc) is 0.807. The third-order valence-electron chi connectivity index (χ3n) is 20.3. The van der Waals surface area contributed by atoms with Gasteiger partial charge in [0.05, 0.1) is 5.56 Å². The van der Waals surface area contributed by atoms with Gasteiger partial charge in [-0.25, -0.2) is 0 Å². The molecule has 5 aromatic carbocycles. The van der Waals surface area contributed by atoms with Gasteiger partial charge in [-0.1, -0.05) is 303 Å². The van der Waals surface area contributed by atoms with Gasteiger partial charge in [0.1, 0.15) is 29.9 Å². The van der Waals surface area contributed by atoms with E-state index in [0.29, 0.717) is 66.7 Å². The minimum Gasteiger partial charge on any atom is -0.285 e. The third kappa shape index (κ3) is 19.0. The van der Waals surface area contributed by atoms with E-state index in [0.717, 1.165) is 38.9 Å². The van der Waals surface area contributed by atoms with Crippen molar-refractivity contribution >= 4 is 29.9 Å². The Bertz CT molecular complexity index is 3950. The van der Waals surface area contributed by atoms with E-state index in [-0.39, 0.29) is 21.7 Å². The van der Waals surface area contributed by atoms with Crippen LogP contribution in [0.2, 0.25) is 49.9 Å². The molecule has 3 nitrogen and oxygen atoms in total. The summed E-state index contributed by atoms with van der Waals surface area (Å²) in [5.74, 6) is 38.6. The van der Waals surface area contributed by atoms with Gasteiger partial charge in [0.2, 0.25) is 0 Å². The topological polar surface area (TPSA) is 28.0 Å². The van der Waals surface area contributed by atoms with Crippen LogP contribution in [0.3, 0.4) is 0 Å². The summed E-state index contributed by atoms with van der Waals surface area (Å²) in [4.78, 5) is 0. The van der Waals surface area contributed by atoms with Gasteiger partial charge in [-0.15, -0.1) is 21.7 Å². The maximum Gasteiger partial charge on any atom is 0.146 e. The summed E-state index contributed by atoms with van der Waals surface area (Å²) >= 11 is 0. The number of benzene rings is 5. The lowest BCUT2D eigenvalue weighted by Gasteiger charge is -2.38. The second kappa shape index (κ2) is 31.5. The molecule has 0 fully saturated rings. The zero-order valence-electron chi connectivity index (χ0n) is 65.1. The van der Waals surface area contributed by atoms with E-state index in [1.54, 1.807) is 5.01 Å². The number of hydrogen-bond acceptors (Lipinski definition) is 2. The van der Waals surface area contributed by atoms with E-state index in [1.165, 1.54) is 33.4 Å². The summed E-state index contributed by atoms with van der Waals surface area (Å²) in [7, 11) is -2.67. The second-order valence-electron chi connectivity index (χ2n) is 34.0. The van der Waals surface area contributed by atoms with Gasteiger partial charge in [0.25, 0.3) is 0 Å². The van der Waals surface area contributed by atoms with Crippen molar-refractivity contribution in [3.05, 3.63) is 146 Å². The molecule has 0 amide bonds. The zero-order valence-corrected chi connectivity index (χ0v) is 68.1. The largest absolute Gasteiger partial charge is 0.285 e. The van der Waals surface area contributed by atoms with Crippen LogP contribution in [0.25, 0.3) is 22.3 Å². The highest BCUT2D eigenvalue weighted by Gasteiger charge is 2.44. The van der Waals surface area contributed by atoms with Crippen LogP contribution in [-0.2, 0) is 21.7 Å². The number of rotatable bonds is 13. The highest BCUT2D eigenvalue weighted by molar-refractivity contribution is 6.91. The van der Waals surface area contributed by atoms with Gasteiger partial charge in [-0.2, -0.15) is 0 Å². The molecule has 0 saturated heterocycles. The lowest BCUT2D eigenvalue weighted by atomic mass is 9.79. The predicted octanol–water partition coefficient (Wildman–Crippen LogP) is 24.3. The van der Waals surface area contributed by atoms with E-state index in [1.807, 2.05) is 26.2 Å². The first-order chi connectivity index (χ1) is 43.8. The third-order valence-corrected chi connectivity index (χ3v) is 39.1. The minimum atomic E-state index is -2.17. The lowest BCUT2D eigenvalue weighted by Crippen LogP contribution is -2.43. The quantitative estimate of drug-likeness (QED) is 0.0500. The first-order valence-corrected chi connectivity index (χ1v) is 42.0. The maximum absolute atomic E-state index is 4.81. The van der Waals surface area contributed by atoms with Crippen LogP contribution in [0.15, 0.2) is 95.3 Å². The van der Waals surface area contributed by atoms with Crippen molar-refractivity contribution in [2.75, 3.05) is 14.1 Å². The summed E-state index contributed by atoms with van der Waals surface area (Å²) in [6.45, 7) is 70.0. The van der Waals surface area contributed by atoms with E-state index >= 15 is 0 Å². The summed E-state index contributed by atoms with van der Waals surface area (Å²) in [6.07, 6.45) is 0. The molecule has 0 unspecified atom stereocenters. The van der Waals surface area contributed by atoms with Crippen molar-refractivity contribution in [1.29, 1.82) is 0 Å². The number of hydrogen-bond donors (Lipinski definition) is 0. The molecule has 95 heavy (non-hydrogen) atoms. The van der Waals surface area contributed by atoms with E-state index in [4.69, 9.17) is 5.11 Å². The van der Waals surface area contributed by atoms with Crippen LogP contribution in [-0.4, -0.2) is 43.3 Å². The summed E-state index contributed by atoms with van der Waals surface area (Å²) < 4.78 is 0. The fraction of sp³-hybridized carbons (Fsp3) is 0.506. The number of nitrogens with zero attached hydrogens (tertiary/aromatic N) is 3. The van der Waals surface area contributed by atoms with Crippen molar-refractivity contribution in [3.8, 4) is 104 Å². The van der Waals surface area contributed by atoms with Gasteiger partial charge in [0.15, 0.2) is 0 Å². The Labute approximate surface area is 585 Å². The molecule has 0 spiro atoms. The Kier molecular flexibility index (Phi) is 26.1. The van der Waals surface area contributed by atoms with Crippen molar-refractivity contribution in [2.45, 2.75) is 279 Å². The Hall–Kier alpha value is -6.93. The predicted molar refractivity (Wildman–Crippen MR) is 424 cm³/mol. The van der Waals surface area contributed by atoms with Gasteiger partial charge in [0, 0.05) is 47.5 Å². The van der Waals surface area contributed by atoms with Crippen molar-refractivity contribution in [3.63, 3.8) is 0 Å². The lowest BCUT2D eigenvalue weighted by molar-refractivity contribution is 0.408. The molecule has 0 aliphatic carbocycles. The molecular formula is C89H119N3Si3. The molecular weight excluding hydrogens is 1200 g/mol. The van der Waals surface area contributed by atoms with E-state index in [9.17, 15) is 0 Å². The average molecular weight is 1320 g/mol. The summed E-state index contributed by atoms with van der Waals surface area (Å²) in [6, 6.07) is 31.5. The molecule has 0 aromatic heterocycles. The zero-order chi connectivity index (χ0) is 71.7. The fourth-order valence-electron chi connectivity index (χ4n) is 14.5. The Morgan fingerprint density at radius 2 is 0.537 bits per heavy atom. The smallest absolute Gasteiger partial charge is 0.146 e. The molecule has 0 aliphatic heterocycles. The minimum absolute atomic E-state index is 0.0292. The monoisotopic (exact) mass is 1310 g/mol. The molecule has 0 atom stereocenters. The summed E-state index contributed by atoms with van der Waals surface area (Å²) in [5.41, 5.74) is 32.3. The van der Waals surface area contributed by atoms with Crippen LogP contribution < -0.4 is 0 Å². The van der Waals surface area contributed by atoms with Crippen LogP contribution in [0, 0.1) is 81.8 Å². The normalized spacial score (nSPS) is 12.4. The van der Waals surface area contributed by atoms with Crippen molar-refractivity contribution < 1.29 is 0 Å². The fourth-order valence-corrected chi connectivity index (χ4v) is 30.2. The van der Waals surface area contributed by atoms with Gasteiger partial charge in [-0.3, -0.25) is 5.01 Å². The Morgan fingerprint density at radius 3 is 0.800 bits per heavy atom. The molecule has 5 aromatic rings. The highest BCUT2D eigenvalue weighted by atomic mass is 28.3. The highest BCUT2D eigenvalue weighted by Crippen LogP contribution is 2.45. The van der Waals surface area contributed by atoms with Crippen LogP contribution >= 0.6 is 0 Å². The molecule has 5 rings (SSSR count). The molecule has 502 valence electrons. The van der Waals surface area contributed by atoms with E-state index < -0.39 is 24.2 Å². The Morgan fingerprint density at radius 1 is 0.284 bits per heavy atom. The first-order valence-electron chi connectivity index (χ1n) is 35.4. The molecule has 6 heteroatoms.